The van der Waals surface area contributed by atoms with Gasteiger partial charge in [-0.1, -0.05) is 13.8 Å². The molecule has 1 aromatic rings. The second kappa shape index (κ2) is 5.87. The highest BCUT2D eigenvalue weighted by Crippen LogP contribution is 2.21. The van der Waals surface area contributed by atoms with Crippen molar-refractivity contribution in [2.24, 2.45) is 5.41 Å². The van der Waals surface area contributed by atoms with Crippen LogP contribution in [0.3, 0.4) is 0 Å². The minimum absolute atomic E-state index is 0.261. The van der Waals surface area contributed by atoms with Gasteiger partial charge < -0.3 is 10.2 Å². The topological polar surface area (TPSA) is 41.0 Å². The molecule has 2 heterocycles. The molecule has 1 N–H and O–H groups in total. The molecule has 0 radical (unpaired) electrons. The highest BCUT2D eigenvalue weighted by molar-refractivity contribution is 5.35. The molecule has 1 saturated heterocycles. The monoisotopic (exact) mass is 262 g/mol. The van der Waals surface area contributed by atoms with Crippen LogP contribution in [0, 0.1) is 19.3 Å². The molecule has 0 aromatic carbocycles. The van der Waals surface area contributed by atoms with E-state index in [0.717, 1.165) is 30.4 Å². The summed E-state index contributed by atoms with van der Waals surface area (Å²) >= 11 is 0. The van der Waals surface area contributed by atoms with Gasteiger partial charge in [-0.05, 0) is 45.2 Å². The maximum absolute atomic E-state index is 4.43. The van der Waals surface area contributed by atoms with Crippen molar-refractivity contribution < 1.29 is 0 Å². The van der Waals surface area contributed by atoms with Gasteiger partial charge in [0.05, 0.1) is 0 Å². The number of hydrogen-bond donors (Lipinski definition) is 1. The second-order valence-electron chi connectivity index (χ2n) is 6.44. The van der Waals surface area contributed by atoms with Crippen molar-refractivity contribution in [1.82, 2.24) is 14.9 Å². The normalized spacial score (nSPS) is 16.8. The second-order valence-corrected chi connectivity index (χ2v) is 6.44. The van der Waals surface area contributed by atoms with E-state index in [2.05, 4.69) is 34.0 Å². The maximum Gasteiger partial charge on any atom is 0.129 e. The van der Waals surface area contributed by atoms with Crippen LogP contribution >= 0.6 is 0 Å². The molecule has 0 bridgehead atoms. The predicted molar refractivity (Wildman–Crippen MR) is 79.5 cm³/mol. The molecule has 0 saturated carbocycles. The van der Waals surface area contributed by atoms with Crippen molar-refractivity contribution in [1.29, 1.82) is 0 Å². The zero-order valence-electron chi connectivity index (χ0n) is 12.7. The van der Waals surface area contributed by atoms with E-state index < -0.39 is 0 Å². The summed E-state index contributed by atoms with van der Waals surface area (Å²) in [6.45, 7) is 13.2. The summed E-state index contributed by atoms with van der Waals surface area (Å²) in [6.07, 6.45) is 2.71. The van der Waals surface area contributed by atoms with Gasteiger partial charge in [0.2, 0.25) is 0 Å². The van der Waals surface area contributed by atoms with Gasteiger partial charge in [-0.3, -0.25) is 0 Å². The van der Waals surface area contributed by atoms with Gasteiger partial charge in [-0.2, -0.15) is 0 Å². The van der Waals surface area contributed by atoms with Gasteiger partial charge in [0.25, 0.3) is 0 Å². The minimum atomic E-state index is 0.261. The van der Waals surface area contributed by atoms with Crippen LogP contribution in [-0.2, 0) is 0 Å². The average Bonchev–Trinajstić information content (AvgIpc) is 2.77. The van der Waals surface area contributed by atoms with Crippen molar-refractivity contribution in [2.45, 2.75) is 40.5 Å². The fraction of sp³-hybridized carbons (Fsp3) is 0.733. The van der Waals surface area contributed by atoms with Crippen LogP contribution in [0.25, 0.3) is 0 Å². The van der Waals surface area contributed by atoms with Crippen molar-refractivity contribution >= 4 is 5.82 Å². The van der Waals surface area contributed by atoms with Crippen LogP contribution in [0.5, 0.6) is 0 Å². The van der Waals surface area contributed by atoms with Crippen molar-refractivity contribution in [3.05, 3.63) is 17.6 Å². The van der Waals surface area contributed by atoms with E-state index in [1.807, 2.05) is 19.9 Å². The lowest BCUT2D eigenvalue weighted by Crippen LogP contribution is -2.37. The summed E-state index contributed by atoms with van der Waals surface area (Å²) in [7, 11) is 0. The van der Waals surface area contributed by atoms with Crippen LogP contribution in [0.1, 0.15) is 38.2 Å². The molecule has 0 aliphatic carbocycles. The van der Waals surface area contributed by atoms with E-state index >= 15 is 0 Å². The quantitative estimate of drug-likeness (QED) is 0.885. The fourth-order valence-electron chi connectivity index (χ4n) is 2.74. The number of likely N-dealkylation sites (tertiary alicyclic amines) is 1. The number of hydrogen-bond acceptors (Lipinski definition) is 4. The molecular formula is C15H26N4. The smallest absolute Gasteiger partial charge is 0.129 e. The number of anilines is 1. The third-order valence-corrected chi connectivity index (χ3v) is 3.56. The SMILES string of the molecule is Cc1cc(NCC(C)(C)CN2CCCC2)nc(C)n1. The summed E-state index contributed by atoms with van der Waals surface area (Å²) in [6, 6.07) is 2.01. The summed E-state index contributed by atoms with van der Waals surface area (Å²) in [5.41, 5.74) is 1.28. The van der Waals surface area contributed by atoms with E-state index in [1.54, 1.807) is 0 Å². The number of nitrogens with zero attached hydrogens (tertiary/aromatic N) is 3. The summed E-state index contributed by atoms with van der Waals surface area (Å²) in [4.78, 5) is 11.3. The van der Waals surface area contributed by atoms with E-state index in [-0.39, 0.29) is 5.41 Å². The lowest BCUT2D eigenvalue weighted by Gasteiger charge is -2.30. The number of aryl methyl sites for hydroxylation is 2. The standard InChI is InChI=1S/C15H26N4/c1-12-9-14(18-13(2)17-12)16-10-15(3,4)11-19-7-5-6-8-19/h9H,5-8,10-11H2,1-4H3,(H,16,17,18). The summed E-state index contributed by atoms with van der Waals surface area (Å²) in [5.74, 6) is 1.78. The Morgan fingerprint density at radius 3 is 2.53 bits per heavy atom. The average molecular weight is 262 g/mol. The van der Waals surface area contributed by atoms with E-state index in [9.17, 15) is 0 Å². The summed E-state index contributed by atoms with van der Waals surface area (Å²) in [5, 5.41) is 3.46. The Bertz CT molecular complexity index is 402. The van der Waals surface area contributed by atoms with Gasteiger partial charge in [0.15, 0.2) is 0 Å². The Labute approximate surface area is 116 Å². The first-order valence-electron chi connectivity index (χ1n) is 7.23. The Balaban J connectivity index is 1.88. The Hall–Kier alpha value is -1.16. The highest BCUT2D eigenvalue weighted by Gasteiger charge is 2.23. The van der Waals surface area contributed by atoms with Gasteiger partial charge in [-0.15, -0.1) is 0 Å². The molecule has 1 aliphatic rings. The molecule has 19 heavy (non-hydrogen) atoms. The molecular weight excluding hydrogens is 236 g/mol. The van der Waals surface area contributed by atoms with Crippen molar-refractivity contribution in [3.63, 3.8) is 0 Å². The molecule has 1 fully saturated rings. The molecule has 1 aromatic heterocycles. The molecule has 0 amide bonds. The Morgan fingerprint density at radius 2 is 1.89 bits per heavy atom. The highest BCUT2D eigenvalue weighted by atomic mass is 15.1. The molecule has 2 rings (SSSR count). The van der Waals surface area contributed by atoms with E-state index in [1.165, 1.54) is 25.9 Å². The van der Waals surface area contributed by atoms with Gasteiger partial charge in [0, 0.05) is 24.8 Å². The zero-order chi connectivity index (χ0) is 13.9. The largest absolute Gasteiger partial charge is 0.369 e. The van der Waals surface area contributed by atoms with Crippen LogP contribution in [0.4, 0.5) is 5.82 Å². The van der Waals surface area contributed by atoms with Crippen LogP contribution < -0.4 is 5.32 Å². The van der Waals surface area contributed by atoms with E-state index in [0.29, 0.717) is 0 Å². The Morgan fingerprint density at radius 1 is 1.21 bits per heavy atom. The molecule has 0 unspecified atom stereocenters. The third kappa shape index (κ3) is 4.46. The first-order chi connectivity index (χ1) is 8.94. The lowest BCUT2D eigenvalue weighted by molar-refractivity contribution is 0.220. The molecule has 106 valence electrons. The molecule has 4 heteroatoms. The van der Waals surface area contributed by atoms with Gasteiger partial charge in [0.1, 0.15) is 11.6 Å². The predicted octanol–water partition coefficient (Wildman–Crippen LogP) is 2.63. The number of aromatic nitrogens is 2. The molecule has 4 nitrogen and oxygen atoms in total. The lowest BCUT2D eigenvalue weighted by atomic mass is 9.93. The van der Waals surface area contributed by atoms with Crippen LogP contribution in [0.2, 0.25) is 0 Å². The van der Waals surface area contributed by atoms with Gasteiger partial charge in [-0.25, -0.2) is 9.97 Å². The van der Waals surface area contributed by atoms with Crippen LogP contribution in [0.15, 0.2) is 6.07 Å². The minimum Gasteiger partial charge on any atom is -0.369 e. The Kier molecular flexibility index (Phi) is 4.40. The van der Waals surface area contributed by atoms with Crippen molar-refractivity contribution in [2.75, 3.05) is 31.5 Å². The van der Waals surface area contributed by atoms with Gasteiger partial charge >= 0.3 is 0 Å². The number of rotatable bonds is 5. The number of nitrogens with one attached hydrogen (secondary N) is 1. The molecule has 1 aliphatic heterocycles. The molecule has 0 atom stereocenters. The third-order valence-electron chi connectivity index (χ3n) is 3.56. The zero-order valence-corrected chi connectivity index (χ0v) is 12.7. The maximum atomic E-state index is 4.43. The van der Waals surface area contributed by atoms with Crippen LogP contribution in [-0.4, -0.2) is 41.0 Å². The first kappa shape index (κ1) is 14.3. The first-order valence-corrected chi connectivity index (χ1v) is 7.23. The fourth-order valence-corrected chi connectivity index (χ4v) is 2.74. The van der Waals surface area contributed by atoms with E-state index in [4.69, 9.17) is 0 Å². The molecule has 0 spiro atoms. The van der Waals surface area contributed by atoms with Crippen molar-refractivity contribution in [3.8, 4) is 0 Å². The summed E-state index contributed by atoms with van der Waals surface area (Å²) < 4.78 is 0.